The maximum absolute atomic E-state index is 13.7. The van der Waals surface area contributed by atoms with Crippen molar-refractivity contribution in [1.29, 1.82) is 0 Å². The molecule has 35 heavy (non-hydrogen) atoms. The molecule has 0 spiro atoms. The third-order valence-electron chi connectivity index (χ3n) is 5.95. The Morgan fingerprint density at radius 1 is 1.03 bits per heavy atom. The number of carbonyl (C=O) groups excluding carboxylic acids is 1. The van der Waals surface area contributed by atoms with E-state index in [1.807, 2.05) is 86.6 Å². The van der Waals surface area contributed by atoms with E-state index in [9.17, 15) is 4.79 Å². The molecule has 1 amide bonds. The summed E-state index contributed by atoms with van der Waals surface area (Å²) in [6.07, 6.45) is 0. The van der Waals surface area contributed by atoms with Crippen molar-refractivity contribution in [2.24, 2.45) is 0 Å². The first-order chi connectivity index (χ1) is 16.9. The highest BCUT2D eigenvalue weighted by atomic mass is 79.9. The molecule has 8 heteroatoms. The summed E-state index contributed by atoms with van der Waals surface area (Å²) in [5.41, 5.74) is 4.84. The first-order valence-electron chi connectivity index (χ1n) is 11.2. The number of nitrogens with one attached hydrogen (secondary N) is 2. The number of halogens is 1. The molecule has 0 bridgehead atoms. The fourth-order valence-corrected chi connectivity index (χ4v) is 4.43. The summed E-state index contributed by atoms with van der Waals surface area (Å²) in [5.74, 6) is 1.52. The minimum atomic E-state index is -0.472. The second kappa shape index (κ2) is 9.38. The molecule has 0 radical (unpaired) electrons. The van der Waals surface area contributed by atoms with Crippen molar-refractivity contribution in [1.82, 2.24) is 14.8 Å². The molecule has 7 nitrogen and oxygen atoms in total. The van der Waals surface area contributed by atoms with Crippen LogP contribution in [0.3, 0.4) is 0 Å². The number of hydrogen-bond donors (Lipinski definition) is 2. The van der Waals surface area contributed by atoms with E-state index in [0.29, 0.717) is 34.5 Å². The molecule has 2 N–H and O–H groups in total. The second-order valence-electron chi connectivity index (χ2n) is 8.34. The summed E-state index contributed by atoms with van der Waals surface area (Å²) in [5, 5.41) is 11.1. The molecule has 0 saturated heterocycles. The van der Waals surface area contributed by atoms with Crippen LogP contribution in [-0.4, -0.2) is 27.8 Å². The Morgan fingerprint density at radius 2 is 1.74 bits per heavy atom. The van der Waals surface area contributed by atoms with Crippen molar-refractivity contribution in [2.75, 3.05) is 17.7 Å². The van der Waals surface area contributed by atoms with Crippen molar-refractivity contribution in [3.63, 3.8) is 0 Å². The van der Waals surface area contributed by atoms with Crippen molar-refractivity contribution in [3.05, 3.63) is 99.7 Å². The number of rotatable bonds is 5. The number of fused-ring (bicyclic) bond motifs is 1. The van der Waals surface area contributed by atoms with E-state index < -0.39 is 6.04 Å². The predicted octanol–water partition coefficient (Wildman–Crippen LogP) is 5.95. The normalized spacial score (nSPS) is 14.8. The number of benzene rings is 3. The van der Waals surface area contributed by atoms with Gasteiger partial charge >= 0.3 is 0 Å². The fourth-order valence-electron chi connectivity index (χ4n) is 4.16. The van der Waals surface area contributed by atoms with Crippen LogP contribution >= 0.6 is 15.9 Å². The van der Waals surface area contributed by atoms with E-state index in [1.165, 1.54) is 0 Å². The minimum absolute atomic E-state index is 0.245. The number of aryl methyl sites for hydroxylation is 1. The van der Waals surface area contributed by atoms with Gasteiger partial charge in [0.2, 0.25) is 5.95 Å². The van der Waals surface area contributed by atoms with Crippen molar-refractivity contribution in [3.8, 4) is 17.1 Å². The minimum Gasteiger partial charge on any atom is -0.495 e. The zero-order valence-corrected chi connectivity index (χ0v) is 21.1. The van der Waals surface area contributed by atoms with E-state index in [2.05, 4.69) is 26.6 Å². The van der Waals surface area contributed by atoms with E-state index in [4.69, 9.17) is 14.8 Å². The van der Waals surface area contributed by atoms with Gasteiger partial charge < -0.3 is 15.4 Å². The molecule has 1 unspecified atom stereocenters. The molecule has 4 aromatic rings. The predicted molar refractivity (Wildman–Crippen MR) is 140 cm³/mol. The first-order valence-corrected chi connectivity index (χ1v) is 11.9. The Bertz CT molecular complexity index is 1420. The number of anilines is 2. The van der Waals surface area contributed by atoms with E-state index >= 15 is 0 Å². The summed E-state index contributed by atoms with van der Waals surface area (Å²) < 4.78 is 8.16. The molecule has 0 aliphatic carbocycles. The molecule has 3 aromatic carbocycles. The smallest absolute Gasteiger partial charge is 0.255 e. The Kier molecular flexibility index (Phi) is 6.13. The molecule has 0 fully saturated rings. The van der Waals surface area contributed by atoms with Crippen LogP contribution < -0.4 is 15.4 Å². The van der Waals surface area contributed by atoms with Crippen LogP contribution in [0.1, 0.15) is 24.1 Å². The summed E-state index contributed by atoms with van der Waals surface area (Å²) in [7, 11) is 1.58. The number of amides is 1. The molecule has 1 aliphatic heterocycles. The fraction of sp³-hybridized carbons (Fsp3) is 0.148. The Balaban J connectivity index is 1.59. The summed E-state index contributed by atoms with van der Waals surface area (Å²) in [6.45, 7) is 3.92. The van der Waals surface area contributed by atoms with E-state index in [0.717, 1.165) is 21.2 Å². The Labute approximate surface area is 212 Å². The average Bonchev–Trinajstić information content (AvgIpc) is 3.28. The molecule has 2 heterocycles. The highest BCUT2D eigenvalue weighted by Gasteiger charge is 2.34. The van der Waals surface area contributed by atoms with Gasteiger partial charge in [0.05, 0.1) is 18.4 Å². The Hall–Kier alpha value is -3.91. The van der Waals surface area contributed by atoms with Crippen LogP contribution in [-0.2, 0) is 4.79 Å². The van der Waals surface area contributed by atoms with Gasteiger partial charge in [-0.25, -0.2) is 4.68 Å². The first kappa shape index (κ1) is 22.9. The lowest BCUT2D eigenvalue weighted by atomic mass is 9.95. The summed E-state index contributed by atoms with van der Waals surface area (Å²) >= 11 is 3.51. The van der Waals surface area contributed by atoms with Crippen molar-refractivity contribution in [2.45, 2.75) is 19.9 Å². The SMILES string of the molecule is COc1ccccc1NC(=O)C1=C(C)Nc2nc(-c3ccc(C)cc3)nn2C1c1ccc(Br)cc1. The number of allylic oxidation sites excluding steroid dienone is 1. The van der Waals surface area contributed by atoms with Crippen LogP contribution in [0.2, 0.25) is 0 Å². The lowest BCUT2D eigenvalue weighted by molar-refractivity contribution is -0.113. The van der Waals surface area contributed by atoms with Crippen molar-refractivity contribution < 1.29 is 9.53 Å². The molecule has 1 atom stereocenters. The van der Waals surface area contributed by atoms with Crippen LogP contribution in [0.4, 0.5) is 11.6 Å². The van der Waals surface area contributed by atoms with Gasteiger partial charge in [-0.3, -0.25) is 4.79 Å². The van der Waals surface area contributed by atoms with E-state index in [1.54, 1.807) is 11.8 Å². The standard InChI is InChI=1S/C27H24BrN5O2/c1-16-8-10-19(11-9-16)25-31-27-29-17(2)23(26(34)30-21-6-4-5-7-22(21)35-3)24(33(27)32-25)18-12-14-20(28)15-13-18/h4-15,24H,1-3H3,(H,30,34)(H,29,31,32). The highest BCUT2D eigenvalue weighted by molar-refractivity contribution is 9.10. The monoisotopic (exact) mass is 529 g/mol. The Morgan fingerprint density at radius 3 is 2.46 bits per heavy atom. The van der Waals surface area contributed by atoms with Gasteiger partial charge in [-0.1, -0.05) is 70.0 Å². The zero-order valence-electron chi connectivity index (χ0n) is 19.5. The van der Waals surface area contributed by atoms with Gasteiger partial charge in [0.15, 0.2) is 5.82 Å². The largest absolute Gasteiger partial charge is 0.495 e. The number of ether oxygens (including phenoxy) is 1. The van der Waals surface area contributed by atoms with Gasteiger partial charge in [0, 0.05) is 15.7 Å². The third kappa shape index (κ3) is 4.44. The molecule has 176 valence electrons. The van der Waals surface area contributed by atoms with Gasteiger partial charge in [0.25, 0.3) is 5.91 Å². The number of carbonyl (C=O) groups is 1. The molecule has 5 rings (SSSR count). The van der Waals surface area contributed by atoms with Gasteiger partial charge in [-0.2, -0.15) is 4.98 Å². The molecule has 0 saturated carbocycles. The number of aromatic nitrogens is 3. The van der Waals surface area contributed by atoms with Crippen LogP contribution in [0, 0.1) is 6.92 Å². The second-order valence-corrected chi connectivity index (χ2v) is 9.26. The van der Waals surface area contributed by atoms with Crippen LogP contribution in [0.15, 0.2) is 88.5 Å². The lowest BCUT2D eigenvalue weighted by Crippen LogP contribution is -2.31. The average molecular weight is 530 g/mol. The molecular formula is C27H24BrN5O2. The summed E-state index contributed by atoms with van der Waals surface area (Å²) in [6, 6.07) is 22.8. The van der Waals surface area contributed by atoms with Crippen LogP contribution in [0.25, 0.3) is 11.4 Å². The van der Waals surface area contributed by atoms with E-state index in [-0.39, 0.29) is 5.91 Å². The number of methoxy groups -OCH3 is 1. The maximum atomic E-state index is 13.7. The topological polar surface area (TPSA) is 81.1 Å². The van der Waals surface area contributed by atoms with Gasteiger partial charge in [-0.05, 0) is 43.7 Å². The third-order valence-corrected chi connectivity index (χ3v) is 6.48. The number of para-hydroxylation sites is 2. The zero-order chi connectivity index (χ0) is 24.5. The number of nitrogens with zero attached hydrogens (tertiary/aromatic N) is 3. The molecule has 1 aliphatic rings. The molecular weight excluding hydrogens is 506 g/mol. The quantitative estimate of drug-likeness (QED) is 0.333. The lowest BCUT2D eigenvalue weighted by Gasteiger charge is -2.29. The van der Waals surface area contributed by atoms with Gasteiger partial charge in [0.1, 0.15) is 11.8 Å². The number of hydrogen-bond acceptors (Lipinski definition) is 5. The van der Waals surface area contributed by atoms with Crippen LogP contribution in [0.5, 0.6) is 5.75 Å². The maximum Gasteiger partial charge on any atom is 0.255 e. The van der Waals surface area contributed by atoms with Gasteiger partial charge in [-0.15, -0.1) is 5.10 Å². The molecule has 1 aromatic heterocycles. The highest BCUT2D eigenvalue weighted by Crippen LogP contribution is 2.37. The van der Waals surface area contributed by atoms with Crippen molar-refractivity contribution >= 4 is 33.5 Å². The summed E-state index contributed by atoms with van der Waals surface area (Å²) in [4.78, 5) is 18.4.